The quantitative estimate of drug-likeness (QED) is 0.808. The van der Waals surface area contributed by atoms with Crippen molar-refractivity contribution in [2.45, 2.75) is 46.9 Å². The predicted molar refractivity (Wildman–Crippen MR) is 93.6 cm³/mol. The van der Waals surface area contributed by atoms with Crippen LogP contribution >= 0.6 is 11.6 Å². The first-order chi connectivity index (χ1) is 10.3. The van der Waals surface area contributed by atoms with Crippen LogP contribution in [0.5, 0.6) is 0 Å². The molecular weight excluding hydrogens is 294 g/mol. The molecule has 1 N–H and O–H groups in total. The first-order valence-corrected chi connectivity index (χ1v) is 7.95. The van der Waals surface area contributed by atoms with Gasteiger partial charge in [-0.05, 0) is 64.0 Å². The molecule has 0 saturated heterocycles. The number of aliphatic hydroxyl groups is 1. The van der Waals surface area contributed by atoms with Gasteiger partial charge in [-0.25, -0.2) is 0 Å². The zero-order chi connectivity index (χ0) is 16.4. The Hall–Kier alpha value is -1.51. The molecule has 0 bridgehead atoms. The van der Waals surface area contributed by atoms with Gasteiger partial charge in [0.2, 0.25) is 0 Å². The summed E-state index contributed by atoms with van der Waals surface area (Å²) in [4.78, 5) is 1.98. The molecule has 2 unspecified atom stereocenters. The fraction of sp³-hybridized carbons (Fsp3) is 0.368. The maximum atomic E-state index is 10.7. The second-order valence-corrected chi connectivity index (χ2v) is 6.63. The van der Waals surface area contributed by atoms with Crippen molar-refractivity contribution in [3.8, 4) is 0 Å². The van der Waals surface area contributed by atoms with E-state index in [2.05, 4.69) is 40.7 Å². The molecule has 0 amide bonds. The van der Waals surface area contributed by atoms with E-state index in [4.69, 9.17) is 11.6 Å². The van der Waals surface area contributed by atoms with Crippen molar-refractivity contribution in [3.05, 3.63) is 69.4 Å². The summed E-state index contributed by atoms with van der Waals surface area (Å²) in [5.41, 5.74) is 5.97. The van der Waals surface area contributed by atoms with Crippen LogP contribution in [0.4, 0.5) is 0 Å². The molecule has 1 aliphatic rings. The van der Waals surface area contributed by atoms with E-state index in [9.17, 15) is 5.11 Å². The lowest BCUT2D eigenvalue weighted by molar-refractivity contribution is 0.0201. The van der Waals surface area contributed by atoms with E-state index < -0.39 is 6.23 Å². The molecule has 0 spiro atoms. The SMILES string of the molecule is CC(C)=C1C=CN(C(O)c2ccc(Cl)cc2)C(C)C1=C(C)C. The summed E-state index contributed by atoms with van der Waals surface area (Å²) in [6.45, 7) is 10.6. The number of aliphatic hydroxyl groups excluding tert-OH is 1. The van der Waals surface area contributed by atoms with Crippen LogP contribution in [0, 0.1) is 0 Å². The lowest BCUT2D eigenvalue weighted by Crippen LogP contribution is -2.36. The second-order valence-electron chi connectivity index (χ2n) is 6.19. The largest absolute Gasteiger partial charge is 0.369 e. The lowest BCUT2D eigenvalue weighted by Gasteiger charge is -2.38. The third kappa shape index (κ3) is 3.29. The number of hydrogen-bond acceptors (Lipinski definition) is 2. The molecule has 3 heteroatoms. The van der Waals surface area contributed by atoms with Crippen molar-refractivity contribution < 1.29 is 5.11 Å². The normalized spacial score (nSPS) is 19.4. The molecule has 1 aliphatic heterocycles. The van der Waals surface area contributed by atoms with E-state index >= 15 is 0 Å². The van der Waals surface area contributed by atoms with Gasteiger partial charge in [0.05, 0.1) is 6.04 Å². The smallest absolute Gasteiger partial charge is 0.153 e. The van der Waals surface area contributed by atoms with Crippen LogP contribution in [-0.2, 0) is 0 Å². The van der Waals surface area contributed by atoms with Gasteiger partial charge < -0.3 is 10.0 Å². The third-order valence-corrected chi connectivity index (χ3v) is 4.35. The van der Waals surface area contributed by atoms with Crippen molar-refractivity contribution >= 4 is 11.6 Å². The molecule has 2 atom stereocenters. The second kappa shape index (κ2) is 6.72. The summed E-state index contributed by atoms with van der Waals surface area (Å²) in [6, 6.07) is 7.47. The molecule has 0 fully saturated rings. The standard InChI is InChI=1S/C19H24ClNO/c1-12(2)17-10-11-21(14(5)18(17)13(3)4)19(22)15-6-8-16(20)9-7-15/h6-11,14,19,22H,1-5H3. The highest BCUT2D eigenvalue weighted by Crippen LogP contribution is 2.34. The Kier molecular flexibility index (Phi) is 5.15. The van der Waals surface area contributed by atoms with Crippen LogP contribution in [0.25, 0.3) is 0 Å². The fourth-order valence-electron chi connectivity index (χ4n) is 2.98. The minimum atomic E-state index is -0.684. The van der Waals surface area contributed by atoms with E-state index in [1.165, 1.54) is 22.3 Å². The minimum absolute atomic E-state index is 0.116. The summed E-state index contributed by atoms with van der Waals surface area (Å²) < 4.78 is 0. The molecule has 2 rings (SSSR count). The Bertz CT molecular complexity index is 632. The number of hydrogen-bond donors (Lipinski definition) is 1. The fourth-order valence-corrected chi connectivity index (χ4v) is 3.10. The number of benzene rings is 1. The van der Waals surface area contributed by atoms with E-state index in [1.807, 2.05) is 35.4 Å². The van der Waals surface area contributed by atoms with E-state index in [0.717, 1.165) is 5.56 Å². The Morgan fingerprint density at radius 3 is 2.18 bits per heavy atom. The number of nitrogens with zero attached hydrogens (tertiary/aromatic N) is 1. The first kappa shape index (κ1) is 16.9. The highest BCUT2D eigenvalue weighted by Gasteiger charge is 2.28. The maximum absolute atomic E-state index is 10.7. The van der Waals surface area contributed by atoms with Crippen LogP contribution in [0.3, 0.4) is 0 Å². The van der Waals surface area contributed by atoms with E-state index in [0.29, 0.717) is 5.02 Å². The highest BCUT2D eigenvalue weighted by molar-refractivity contribution is 6.30. The topological polar surface area (TPSA) is 23.5 Å². The molecule has 0 saturated carbocycles. The van der Waals surface area contributed by atoms with Crippen molar-refractivity contribution in [1.29, 1.82) is 0 Å². The predicted octanol–water partition coefficient (Wildman–Crippen LogP) is 5.22. The summed E-state index contributed by atoms with van der Waals surface area (Å²) in [5, 5.41) is 11.4. The Labute approximate surface area is 138 Å². The van der Waals surface area contributed by atoms with Gasteiger partial charge in [-0.2, -0.15) is 0 Å². The molecule has 0 radical (unpaired) electrons. The molecular formula is C19H24ClNO. The Morgan fingerprint density at radius 1 is 1.09 bits per heavy atom. The van der Waals surface area contributed by atoms with Gasteiger partial charge in [-0.15, -0.1) is 0 Å². The molecule has 22 heavy (non-hydrogen) atoms. The van der Waals surface area contributed by atoms with Gasteiger partial charge >= 0.3 is 0 Å². The van der Waals surface area contributed by atoms with Crippen LogP contribution < -0.4 is 0 Å². The number of rotatable bonds is 2. The summed E-state index contributed by atoms with van der Waals surface area (Å²) in [6.07, 6.45) is 3.40. The summed E-state index contributed by atoms with van der Waals surface area (Å²) in [7, 11) is 0. The number of allylic oxidation sites excluding steroid dienone is 3. The highest BCUT2D eigenvalue weighted by atomic mass is 35.5. The zero-order valence-electron chi connectivity index (χ0n) is 13.9. The molecule has 1 aromatic carbocycles. The van der Waals surface area contributed by atoms with Gasteiger partial charge in [-0.1, -0.05) is 34.9 Å². The van der Waals surface area contributed by atoms with Crippen molar-refractivity contribution in [3.63, 3.8) is 0 Å². The molecule has 0 aliphatic carbocycles. The maximum Gasteiger partial charge on any atom is 0.153 e. The molecule has 2 nitrogen and oxygen atoms in total. The van der Waals surface area contributed by atoms with Crippen molar-refractivity contribution in [2.75, 3.05) is 0 Å². The van der Waals surface area contributed by atoms with Crippen molar-refractivity contribution in [1.82, 2.24) is 4.90 Å². The molecule has 1 heterocycles. The Balaban J connectivity index is 2.41. The monoisotopic (exact) mass is 317 g/mol. The van der Waals surface area contributed by atoms with E-state index in [-0.39, 0.29) is 6.04 Å². The molecule has 1 aromatic rings. The molecule has 118 valence electrons. The average molecular weight is 318 g/mol. The van der Waals surface area contributed by atoms with Crippen molar-refractivity contribution in [2.24, 2.45) is 0 Å². The third-order valence-electron chi connectivity index (χ3n) is 4.10. The Morgan fingerprint density at radius 2 is 1.68 bits per heavy atom. The van der Waals surface area contributed by atoms with Gasteiger partial charge in [0.1, 0.15) is 0 Å². The average Bonchev–Trinajstić information content (AvgIpc) is 2.46. The minimum Gasteiger partial charge on any atom is -0.369 e. The zero-order valence-corrected chi connectivity index (χ0v) is 14.6. The number of halogens is 1. The first-order valence-electron chi connectivity index (χ1n) is 7.57. The van der Waals surface area contributed by atoms with Gasteiger partial charge in [0.15, 0.2) is 6.23 Å². The summed E-state index contributed by atoms with van der Waals surface area (Å²) in [5.74, 6) is 0. The molecule has 0 aromatic heterocycles. The van der Waals surface area contributed by atoms with Crippen LogP contribution in [-0.4, -0.2) is 16.0 Å². The van der Waals surface area contributed by atoms with Crippen LogP contribution in [0.15, 0.2) is 58.8 Å². The van der Waals surface area contributed by atoms with Crippen LogP contribution in [0.1, 0.15) is 46.4 Å². The lowest BCUT2D eigenvalue weighted by atomic mass is 9.88. The van der Waals surface area contributed by atoms with E-state index in [1.54, 1.807) is 0 Å². The van der Waals surface area contributed by atoms with Gasteiger partial charge in [0.25, 0.3) is 0 Å². The van der Waals surface area contributed by atoms with Crippen LogP contribution in [0.2, 0.25) is 5.02 Å². The summed E-state index contributed by atoms with van der Waals surface area (Å²) >= 11 is 5.93. The van der Waals surface area contributed by atoms with Gasteiger partial charge in [0, 0.05) is 16.8 Å². The van der Waals surface area contributed by atoms with Gasteiger partial charge in [-0.3, -0.25) is 0 Å².